The average Bonchev–Trinajstić information content (AvgIpc) is 2.95. The molecule has 0 fully saturated rings. The molecule has 0 aliphatic carbocycles. The second kappa shape index (κ2) is 6.15. The van der Waals surface area contributed by atoms with Gasteiger partial charge in [-0.2, -0.15) is 0 Å². The van der Waals surface area contributed by atoms with Crippen LogP contribution in [0.2, 0.25) is 0 Å². The van der Waals surface area contributed by atoms with Gasteiger partial charge in [-0.3, -0.25) is 4.79 Å². The quantitative estimate of drug-likeness (QED) is 0.926. The second-order valence-electron chi connectivity index (χ2n) is 4.84. The van der Waals surface area contributed by atoms with Crippen LogP contribution in [-0.2, 0) is 10.0 Å². The normalized spacial score (nSPS) is 12.9. The van der Waals surface area contributed by atoms with Crippen molar-refractivity contribution in [2.24, 2.45) is 5.14 Å². The van der Waals surface area contributed by atoms with Gasteiger partial charge in [0.25, 0.3) is 5.91 Å². The van der Waals surface area contributed by atoms with E-state index in [9.17, 15) is 17.6 Å². The van der Waals surface area contributed by atoms with Gasteiger partial charge in [-0.15, -0.1) is 11.3 Å². The van der Waals surface area contributed by atoms with E-state index in [1.165, 1.54) is 28.5 Å². The fraction of sp³-hybridized carbons (Fsp3) is 0.214. The molecule has 0 aliphatic heterocycles. The first kappa shape index (κ1) is 16.6. The van der Waals surface area contributed by atoms with Gasteiger partial charge in [-0.05, 0) is 30.7 Å². The monoisotopic (exact) mass is 342 g/mol. The molecule has 118 valence electrons. The molecule has 1 amide bonds. The number of hydrogen-bond acceptors (Lipinski definition) is 4. The Morgan fingerprint density at radius 2 is 1.91 bits per heavy atom. The first-order chi connectivity index (χ1) is 10.2. The lowest BCUT2D eigenvalue weighted by molar-refractivity contribution is 0.0743. The maximum Gasteiger partial charge on any atom is 0.254 e. The molecule has 2 rings (SSSR count). The third-order valence-corrected chi connectivity index (χ3v) is 5.74. The van der Waals surface area contributed by atoms with Gasteiger partial charge in [0.1, 0.15) is 10.0 Å². The number of halogens is 1. The summed E-state index contributed by atoms with van der Waals surface area (Å²) in [5.41, 5.74) is 1.03. The van der Waals surface area contributed by atoms with Crippen molar-refractivity contribution in [3.05, 3.63) is 52.7 Å². The topological polar surface area (TPSA) is 80.5 Å². The van der Waals surface area contributed by atoms with E-state index in [0.717, 1.165) is 16.9 Å². The molecular weight excluding hydrogens is 327 g/mol. The van der Waals surface area contributed by atoms with Crippen LogP contribution in [-0.4, -0.2) is 26.3 Å². The van der Waals surface area contributed by atoms with Crippen LogP contribution in [0.1, 0.15) is 28.9 Å². The molecule has 1 aromatic carbocycles. The largest absolute Gasteiger partial charge is 0.335 e. The Morgan fingerprint density at radius 1 is 1.32 bits per heavy atom. The van der Waals surface area contributed by atoms with E-state index in [-0.39, 0.29) is 27.5 Å². The van der Waals surface area contributed by atoms with Crippen molar-refractivity contribution in [2.75, 3.05) is 7.05 Å². The number of hydrogen-bond donors (Lipinski definition) is 1. The zero-order valence-corrected chi connectivity index (χ0v) is 13.6. The van der Waals surface area contributed by atoms with Gasteiger partial charge in [0.2, 0.25) is 10.0 Å². The van der Waals surface area contributed by atoms with Crippen LogP contribution < -0.4 is 5.14 Å². The van der Waals surface area contributed by atoms with E-state index >= 15 is 0 Å². The Balaban J connectivity index is 2.21. The summed E-state index contributed by atoms with van der Waals surface area (Å²) >= 11 is 0.902. The first-order valence-electron chi connectivity index (χ1n) is 6.34. The second-order valence-corrected chi connectivity index (χ2v) is 7.54. The maximum absolute atomic E-state index is 12.9. The van der Waals surface area contributed by atoms with Crippen molar-refractivity contribution in [1.29, 1.82) is 0 Å². The molecule has 0 aliphatic rings. The van der Waals surface area contributed by atoms with Gasteiger partial charge in [-0.25, -0.2) is 17.9 Å². The van der Waals surface area contributed by atoms with Crippen LogP contribution >= 0.6 is 11.3 Å². The number of rotatable bonds is 4. The van der Waals surface area contributed by atoms with Gasteiger partial charge in [0.05, 0.1) is 11.6 Å². The fourth-order valence-electron chi connectivity index (χ4n) is 1.92. The molecule has 0 radical (unpaired) electrons. The third kappa shape index (κ3) is 3.52. The minimum atomic E-state index is -3.81. The molecule has 22 heavy (non-hydrogen) atoms. The highest BCUT2D eigenvalue weighted by Crippen LogP contribution is 2.24. The number of carbonyl (C=O) groups excluding carboxylic acids is 1. The molecule has 0 bridgehead atoms. The standard InChI is InChI=1S/C14H15FN2O3S2/c1-9(10-3-5-12(15)6-4-10)17(2)14(18)11-7-13(21-8-11)22(16,19)20/h3-9H,1-2H3,(H2,16,19,20). The average molecular weight is 342 g/mol. The van der Waals surface area contributed by atoms with Crippen LogP contribution in [0.15, 0.2) is 39.9 Å². The van der Waals surface area contributed by atoms with Crippen molar-refractivity contribution >= 4 is 27.3 Å². The molecule has 2 aromatic rings. The number of sulfonamides is 1. The van der Waals surface area contributed by atoms with E-state index in [0.29, 0.717) is 0 Å². The Hall–Kier alpha value is -1.77. The summed E-state index contributed by atoms with van der Waals surface area (Å²) in [5, 5.41) is 6.49. The van der Waals surface area contributed by atoms with Crippen molar-refractivity contribution in [3.8, 4) is 0 Å². The van der Waals surface area contributed by atoms with Gasteiger partial charge >= 0.3 is 0 Å². The number of primary sulfonamides is 1. The highest BCUT2D eigenvalue weighted by Gasteiger charge is 2.22. The minimum absolute atomic E-state index is 0.0568. The number of nitrogens with two attached hydrogens (primary N) is 1. The van der Waals surface area contributed by atoms with Crippen LogP contribution in [0.3, 0.4) is 0 Å². The number of nitrogens with zero attached hydrogens (tertiary/aromatic N) is 1. The molecule has 0 spiro atoms. The predicted molar refractivity (Wildman–Crippen MR) is 82.6 cm³/mol. The van der Waals surface area contributed by atoms with Crippen LogP contribution in [0, 0.1) is 5.82 Å². The van der Waals surface area contributed by atoms with Crippen LogP contribution in [0.25, 0.3) is 0 Å². The van der Waals surface area contributed by atoms with Gasteiger partial charge in [-0.1, -0.05) is 12.1 Å². The smallest absolute Gasteiger partial charge is 0.254 e. The fourth-order valence-corrected chi connectivity index (χ4v) is 3.50. The van der Waals surface area contributed by atoms with Crippen molar-refractivity contribution in [1.82, 2.24) is 4.90 Å². The lowest BCUT2D eigenvalue weighted by Crippen LogP contribution is -2.29. The van der Waals surface area contributed by atoms with E-state index in [2.05, 4.69) is 0 Å². The lowest BCUT2D eigenvalue weighted by atomic mass is 10.1. The molecule has 0 saturated heterocycles. The molecule has 1 aromatic heterocycles. The van der Waals surface area contributed by atoms with Crippen molar-refractivity contribution in [3.63, 3.8) is 0 Å². The minimum Gasteiger partial charge on any atom is -0.335 e. The Morgan fingerprint density at radius 3 is 2.41 bits per heavy atom. The lowest BCUT2D eigenvalue weighted by Gasteiger charge is -2.25. The predicted octanol–water partition coefficient (Wildman–Crippen LogP) is 2.37. The zero-order valence-electron chi connectivity index (χ0n) is 12.0. The molecule has 1 atom stereocenters. The third-order valence-electron chi connectivity index (χ3n) is 3.36. The summed E-state index contributed by atoms with van der Waals surface area (Å²) in [4.78, 5) is 13.9. The van der Waals surface area contributed by atoms with Crippen LogP contribution in [0.4, 0.5) is 4.39 Å². The summed E-state index contributed by atoms with van der Waals surface area (Å²) in [7, 11) is -2.21. The Kier molecular flexibility index (Phi) is 4.64. The highest BCUT2D eigenvalue weighted by molar-refractivity contribution is 7.91. The summed E-state index contributed by atoms with van der Waals surface area (Å²) in [5.74, 6) is -0.677. The van der Waals surface area contributed by atoms with E-state index < -0.39 is 10.0 Å². The van der Waals surface area contributed by atoms with Crippen molar-refractivity contribution < 1.29 is 17.6 Å². The van der Waals surface area contributed by atoms with Gasteiger partial charge < -0.3 is 4.90 Å². The molecule has 8 heteroatoms. The summed E-state index contributed by atoms with van der Waals surface area (Å²) < 4.78 is 35.4. The summed E-state index contributed by atoms with van der Waals surface area (Å²) in [6.45, 7) is 1.80. The van der Waals surface area contributed by atoms with Gasteiger partial charge in [0, 0.05) is 12.4 Å². The van der Waals surface area contributed by atoms with E-state index in [1.54, 1.807) is 26.1 Å². The summed E-state index contributed by atoms with van der Waals surface area (Å²) in [6, 6.07) is 6.84. The molecule has 2 N–H and O–H groups in total. The van der Waals surface area contributed by atoms with E-state index in [4.69, 9.17) is 5.14 Å². The number of amides is 1. The van der Waals surface area contributed by atoms with Crippen LogP contribution in [0.5, 0.6) is 0 Å². The molecular formula is C14H15FN2O3S2. The Labute approximate surface area is 132 Å². The number of benzene rings is 1. The Bertz CT molecular complexity index is 785. The first-order valence-corrected chi connectivity index (χ1v) is 8.76. The number of thiophene rings is 1. The van der Waals surface area contributed by atoms with E-state index in [1.807, 2.05) is 0 Å². The molecule has 1 heterocycles. The maximum atomic E-state index is 12.9. The molecule has 5 nitrogen and oxygen atoms in total. The molecule has 1 unspecified atom stereocenters. The summed E-state index contributed by atoms with van der Waals surface area (Å²) in [6.07, 6.45) is 0. The SMILES string of the molecule is CC(c1ccc(F)cc1)N(C)C(=O)c1csc(S(N)(=O)=O)c1. The van der Waals surface area contributed by atoms with Crippen molar-refractivity contribution in [2.45, 2.75) is 17.2 Å². The highest BCUT2D eigenvalue weighted by atomic mass is 32.2. The zero-order chi connectivity index (χ0) is 16.5. The molecule has 0 saturated carbocycles. The number of carbonyl (C=O) groups is 1. The van der Waals surface area contributed by atoms with Gasteiger partial charge in [0.15, 0.2) is 0 Å².